The second kappa shape index (κ2) is 5.74. The molecule has 12 heavy (non-hydrogen) atoms. The van der Waals surface area contributed by atoms with Crippen LogP contribution in [0.25, 0.3) is 0 Å². The van der Waals surface area contributed by atoms with E-state index in [-0.39, 0.29) is 0 Å². The SMILES string of the molecule is CCC.COP(=O)(O)C(C)(C)C. The normalized spacial score (nSPS) is 15.9. The summed E-state index contributed by atoms with van der Waals surface area (Å²) in [6.07, 6.45) is 1.25. The molecule has 0 saturated carbocycles. The Labute approximate surface area is 75.7 Å². The van der Waals surface area contributed by atoms with Gasteiger partial charge in [0, 0.05) is 7.11 Å². The Morgan fingerprint density at radius 1 is 1.33 bits per heavy atom. The molecular weight excluding hydrogens is 175 g/mol. The van der Waals surface area contributed by atoms with E-state index in [1.54, 1.807) is 20.8 Å². The molecule has 4 heteroatoms. The van der Waals surface area contributed by atoms with Gasteiger partial charge in [-0.1, -0.05) is 20.3 Å². The Morgan fingerprint density at radius 3 is 1.58 bits per heavy atom. The van der Waals surface area contributed by atoms with Crippen molar-refractivity contribution in [2.45, 2.75) is 46.2 Å². The van der Waals surface area contributed by atoms with Gasteiger partial charge < -0.3 is 9.42 Å². The average Bonchev–Trinajstić information content (AvgIpc) is 1.87. The van der Waals surface area contributed by atoms with Crippen LogP contribution >= 0.6 is 7.60 Å². The van der Waals surface area contributed by atoms with Crippen LogP contribution in [0.1, 0.15) is 41.0 Å². The van der Waals surface area contributed by atoms with Gasteiger partial charge in [-0.3, -0.25) is 4.57 Å². The summed E-state index contributed by atoms with van der Waals surface area (Å²) in [5.41, 5.74) is 0. The Bertz CT molecular complexity index is 149. The molecule has 0 radical (unpaired) electrons. The highest BCUT2D eigenvalue weighted by Gasteiger charge is 2.34. The third-order valence-corrected chi connectivity index (χ3v) is 3.29. The van der Waals surface area contributed by atoms with E-state index in [2.05, 4.69) is 18.4 Å². The average molecular weight is 196 g/mol. The predicted octanol–water partition coefficient (Wildman–Crippen LogP) is 3.03. The summed E-state index contributed by atoms with van der Waals surface area (Å²) >= 11 is 0. The van der Waals surface area contributed by atoms with Crippen LogP contribution in [0.15, 0.2) is 0 Å². The third kappa shape index (κ3) is 5.76. The first-order valence-electron chi connectivity index (χ1n) is 4.11. The van der Waals surface area contributed by atoms with E-state index in [1.807, 2.05) is 0 Å². The molecule has 0 spiro atoms. The third-order valence-electron chi connectivity index (χ3n) is 1.10. The predicted molar refractivity (Wildman–Crippen MR) is 52.6 cm³/mol. The minimum atomic E-state index is -3.36. The molecular formula is C8H21O3P. The lowest BCUT2D eigenvalue weighted by molar-refractivity contribution is 0.291. The van der Waals surface area contributed by atoms with Crippen LogP contribution in [0.4, 0.5) is 0 Å². The van der Waals surface area contributed by atoms with Gasteiger partial charge in [0.2, 0.25) is 0 Å². The van der Waals surface area contributed by atoms with Crippen LogP contribution < -0.4 is 0 Å². The van der Waals surface area contributed by atoms with Crippen LogP contribution in [0.5, 0.6) is 0 Å². The maximum atomic E-state index is 10.9. The van der Waals surface area contributed by atoms with Crippen LogP contribution in [0, 0.1) is 0 Å². The van der Waals surface area contributed by atoms with Crippen LogP contribution in [0.3, 0.4) is 0 Å². The molecule has 0 fully saturated rings. The van der Waals surface area contributed by atoms with Gasteiger partial charge in [0.05, 0.1) is 5.16 Å². The summed E-state index contributed by atoms with van der Waals surface area (Å²) in [6, 6.07) is 0. The molecule has 76 valence electrons. The van der Waals surface area contributed by atoms with Gasteiger partial charge in [0.1, 0.15) is 0 Å². The lowest BCUT2D eigenvalue weighted by atomic mass is 10.3. The second-order valence-corrected chi connectivity index (χ2v) is 6.33. The summed E-state index contributed by atoms with van der Waals surface area (Å²) in [5.74, 6) is 0. The van der Waals surface area contributed by atoms with E-state index >= 15 is 0 Å². The number of rotatable bonds is 1. The van der Waals surface area contributed by atoms with Crippen LogP contribution in [-0.2, 0) is 9.09 Å². The maximum absolute atomic E-state index is 10.9. The summed E-state index contributed by atoms with van der Waals surface area (Å²) in [6.45, 7) is 9.24. The highest BCUT2D eigenvalue weighted by Crippen LogP contribution is 2.53. The number of hydrogen-bond donors (Lipinski definition) is 1. The molecule has 0 amide bonds. The lowest BCUT2D eigenvalue weighted by Crippen LogP contribution is -2.15. The van der Waals surface area contributed by atoms with Gasteiger partial charge in [-0.25, -0.2) is 0 Å². The Morgan fingerprint density at radius 2 is 1.58 bits per heavy atom. The summed E-state index contributed by atoms with van der Waals surface area (Å²) < 4.78 is 15.4. The Hall–Kier alpha value is 0.150. The fraction of sp³-hybridized carbons (Fsp3) is 1.00. The summed E-state index contributed by atoms with van der Waals surface area (Å²) in [4.78, 5) is 8.99. The van der Waals surface area contributed by atoms with Crippen molar-refractivity contribution in [2.75, 3.05) is 7.11 Å². The van der Waals surface area contributed by atoms with E-state index < -0.39 is 12.8 Å². The van der Waals surface area contributed by atoms with Crippen molar-refractivity contribution in [3.05, 3.63) is 0 Å². The number of hydrogen-bond acceptors (Lipinski definition) is 2. The van der Waals surface area contributed by atoms with Crippen molar-refractivity contribution in [3.8, 4) is 0 Å². The standard InChI is InChI=1S/C5H13O3P.C3H8/c1-5(2,3)9(6,7)8-4;1-3-2/h1-4H3,(H,6,7);3H2,1-2H3. The molecule has 3 nitrogen and oxygen atoms in total. The van der Waals surface area contributed by atoms with Gasteiger partial charge >= 0.3 is 7.60 Å². The topological polar surface area (TPSA) is 46.5 Å². The van der Waals surface area contributed by atoms with Gasteiger partial charge in [0.25, 0.3) is 0 Å². The van der Waals surface area contributed by atoms with E-state index in [0.29, 0.717) is 0 Å². The molecule has 0 aromatic carbocycles. The van der Waals surface area contributed by atoms with Gasteiger partial charge in [-0.15, -0.1) is 0 Å². The van der Waals surface area contributed by atoms with Gasteiger partial charge in [0.15, 0.2) is 0 Å². The van der Waals surface area contributed by atoms with E-state index in [4.69, 9.17) is 4.89 Å². The largest absolute Gasteiger partial charge is 0.333 e. The minimum absolute atomic E-state index is 0.665. The molecule has 1 N–H and O–H groups in total. The first-order valence-corrected chi connectivity index (χ1v) is 5.69. The Balaban J connectivity index is 0. The van der Waals surface area contributed by atoms with Crippen molar-refractivity contribution in [3.63, 3.8) is 0 Å². The highest BCUT2D eigenvalue weighted by molar-refractivity contribution is 7.54. The van der Waals surface area contributed by atoms with Crippen molar-refractivity contribution in [2.24, 2.45) is 0 Å². The molecule has 0 aliphatic rings. The second-order valence-electron chi connectivity index (χ2n) is 3.58. The zero-order chi connectivity index (χ0) is 10.4. The zero-order valence-corrected chi connectivity index (χ0v) is 9.81. The van der Waals surface area contributed by atoms with Gasteiger partial charge in [-0.05, 0) is 20.8 Å². The smallest absolute Gasteiger partial charge is 0.324 e. The summed E-state index contributed by atoms with van der Waals surface area (Å²) in [7, 11) is -2.12. The molecule has 0 saturated heterocycles. The van der Waals surface area contributed by atoms with Crippen LogP contribution in [0.2, 0.25) is 0 Å². The van der Waals surface area contributed by atoms with Crippen molar-refractivity contribution in [1.82, 2.24) is 0 Å². The van der Waals surface area contributed by atoms with Crippen molar-refractivity contribution < 1.29 is 14.0 Å². The van der Waals surface area contributed by atoms with E-state index in [1.165, 1.54) is 13.5 Å². The van der Waals surface area contributed by atoms with Crippen LogP contribution in [-0.4, -0.2) is 17.2 Å². The Kier molecular flexibility index (Phi) is 7.01. The molecule has 1 unspecified atom stereocenters. The maximum Gasteiger partial charge on any atom is 0.333 e. The lowest BCUT2D eigenvalue weighted by Gasteiger charge is -2.22. The molecule has 0 aliphatic heterocycles. The molecule has 0 aromatic heterocycles. The molecule has 0 bridgehead atoms. The highest BCUT2D eigenvalue weighted by atomic mass is 31.2. The van der Waals surface area contributed by atoms with Crippen molar-refractivity contribution >= 4 is 7.60 Å². The van der Waals surface area contributed by atoms with E-state index in [0.717, 1.165) is 0 Å². The molecule has 0 aliphatic carbocycles. The van der Waals surface area contributed by atoms with Gasteiger partial charge in [-0.2, -0.15) is 0 Å². The van der Waals surface area contributed by atoms with Crippen molar-refractivity contribution in [1.29, 1.82) is 0 Å². The van der Waals surface area contributed by atoms with E-state index in [9.17, 15) is 4.57 Å². The molecule has 0 aromatic rings. The molecule has 0 rings (SSSR count). The fourth-order valence-electron chi connectivity index (χ4n) is 0.274. The first kappa shape index (κ1) is 14.7. The minimum Gasteiger partial charge on any atom is -0.324 e. The quantitative estimate of drug-likeness (QED) is 0.655. The first-order chi connectivity index (χ1) is 5.22. The monoisotopic (exact) mass is 196 g/mol. The molecule has 0 heterocycles. The molecule has 1 atom stereocenters. The fourth-order valence-corrected chi connectivity index (χ4v) is 0.822. The summed E-state index contributed by atoms with van der Waals surface area (Å²) in [5, 5.41) is -0.665. The zero-order valence-electron chi connectivity index (χ0n) is 8.92.